The van der Waals surface area contributed by atoms with Crippen LogP contribution in [0.1, 0.15) is 52.4 Å². The second-order valence-electron chi connectivity index (χ2n) is 10.1. The maximum Gasteiger partial charge on any atom is 0.0563 e. The molecule has 3 heteroatoms. The first kappa shape index (κ1) is 17.5. The van der Waals surface area contributed by atoms with E-state index < -0.39 is 8.07 Å². The molecule has 0 aromatic carbocycles. The van der Waals surface area contributed by atoms with Crippen LogP contribution in [-0.4, -0.2) is 18.6 Å². The highest BCUT2D eigenvalue weighted by molar-refractivity contribution is 8.05. The van der Waals surface area contributed by atoms with Crippen LogP contribution in [0.4, 0.5) is 0 Å². The zero-order chi connectivity index (χ0) is 17.3. The lowest BCUT2D eigenvalue weighted by Gasteiger charge is -2.45. The second kappa shape index (κ2) is 6.20. The van der Waals surface area contributed by atoms with E-state index in [0.29, 0.717) is 0 Å². The smallest absolute Gasteiger partial charge is 0.0563 e. The van der Waals surface area contributed by atoms with E-state index in [1.54, 1.807) is 35.5 Å². The monoisotopic (exact) mass is 390 g/mol. The molecule has 7 unspecified atom stereocenters. The zero-order valence-corrected chi connectivity index (χ0v) is 19.0. The van der Waals surface area contributed by atoms with Gasteiger partial charge in [0.05, 0.1) is 8.07 Å². The molecule has 0 aromatic rings. The van der Waals surface area contributed by atoms with Gasteiger partial charge in [-0.1, -0.05) is 63.8 Å². The molecule has 0 bridgehead atoms. The fourth-order valence-electron chi connectivity index (χ4n) is 7.62. The molecular formula is C22H34S2Si. The summed E-state index contributed by atoms with van der Waals surface area (Å²) in [5, 5.41) is 1.83. The van der Waals surface area contributed by atoms with Gasteiger partial charge in [-0.3, -0.25) is 0 Å². The maximum absolute atomic E-state index is 2.82. The van der Waals surface area contributed by atoms with E-state index in [1.807, 2.05) is 0 Å². The average molecular weight is 391 g/mol. The van der Waals surface area contributed by atoms with Crippen molar-refractivity contribution in [2.75, 3.05) is 0 Å². The van der Waals surface area contributed by atoms with Crippen molar-refractivity contribution in [2.24, 2.45) is 23.7 Å². The van der Waals surface area contributed by atoms with Gasteiger partial charge < -0.3 is 0 Å². The molecule has 7 atom stereocenters. The van der Waals surface area contributed by atoms with E-state index in [1.165, 1.54) is 12.8 Å². The molecule has 5 rings (SSSR count). The van der Waals surface area contributed by atoms with E-state index in [9.17, 15) is 0 Å². The van der Waals surface area contributed by atoms with Gasteiger partial charge in [0.15, 0.2) is 0 Å². The molecule has 3 saturated carbocycles. The first-order valence-corrected chi connectivity index (χ1v) is 15.6. The molecule has 25 heavy (non-hydrogen) atoms. The van der Waals surface area contributed by atoms with Crippen molar-refractivity contribution >= 4 is 31.6 Å². The summed E-state index contributed by atoms with van der Waals surface area (Å²) in [5.41, 5.74) is 2.13. The molecule has 2 aliphatic heterocycles. The molecule has 0 aromatic heterocycles. The number of thioether (sulfide) groups is 2. The number of rotatable bonds is 2. The van der Waals surface area contributed by atoms with Crippen molar-refractivity contribution < 1.29 is 0 Å². The number of fused-ring (bicyclic) bond motifs is 4. The van der Waals surface area contributed by atoms with Gasteiger partial charge in [0.2, 0.25) is 0 Å². The predicted molar refractivity (Wildman–Crippen MR) is 117 cm³/mol. The molecule has 2 heterocycles. The molecule has 0 N–H and O–H groups in total. The Bertz CT molecular complexity index is 590. The van der Waals surface area contributed by atoms with Gasteiger partial charge in [0, 0.05) is 10.5 Å². The summed E-state index contributed by atoms with van der Waals surface area (Å²) in [6.45, 7) is 10.4. The minimum Gasteiger partial charge on any atom is -0.127 e. The van der Waals surface area contributed by atoms with E-state index in [-0.39, 0.29) is 0 Å². The van der Waals surface area contributed by atoms with Gasteiger partial charge in [-0.2, -0.15) is 0 Å². The van der Waals surface area contributed by atoms with Gasteiger partial charge in [-0.05, 0) is 58.4 Å². The maximum atomic E-state index is 2.82. The molecule has 0 radical (unpaired) electrons. The Kier molecular flexibility index (Phi) is 4.34. The molecule has 5 aliphatic rings. The van der Waals surface area contributed by atoms with Gasteiger partial charge in [-0.25, -0.2) is 0 Å². The fourth-order valence-corrected chi connectivity index (χ4v) is 18.1. The normalized spacial score (nSPS) is 48.8. The lowest BCUT2D eigenvalue weighted by atomic mass is 9.82. The molecule has 3 fully saturated rings. The minimum atomic E-state index is -1.28. The highest BCUT2D eigenvalue weighted by Gasteiger charge is 2.61. The summed E-state index contributed by atoms with van der Waals surface area (Å²) >= 11 is 4.54. The van der Waals surface area contributed by atoms with Crippen LogP contribution in [-0.2, 0) is 0 Å². The zero-order valence-electron chi connectivity index (χ0n) is 16.3. The Morgan fingerprint density at radius 1 is 0.840 bits per heavy atom. The molecule has 138 valence electrons. The summed E-state index contributed by atoms with van der Waals surface area (Å²) in [6, 6.07) is 0. The van der Waals surface area contributed by atoms with E-state index in [0.717, 1.165) is 45.3 Å². The Labute approximate surface area is 164 Å². The molecule has 0 nitrogen and oxygen atoms in total. The van der Waals surface area contributed by atoms with Crippen LogP contribution < -0.4 is 0 Å². The number of allylic oxidation sites excluding steroid dienone is 4. The van der Waals surface area contributed by atoms with Gasteiger partial charge in [-0.15, -0.1) is 23.5 Å². The topological polar surface area (TPSA) is 0 Å². The lowest BCUT2D eigenvalue weighted by molar-refractivity contribution is 0.274. The standard InChI is InChI=1S/C22H34S2Si/c1-13-11-17-18-12-14(2)24-21(18)22(20(17)23-13)25(3,4)19-10-9-15-7-5-6-8-16(15)19/h11-12,15-22H,5-10H2,1-4H3. The Balaban J connectivity index is 1.47. The SMILES string of the molecule is CC1=CC2C3C=C(C)SC3C([Si](C)(C)C3CCC4CCCCC43)C2S1. The highest BCUT2D eigenvalue weighted by Crippen LogP contribution is 2.67. The van der Waals surface area contributed by atoms with E-state index in [4.69, 9.17) is 0 Å². The summed E-state index contributed by atoms with van der Waals surface area (Å²) in [4.78, 5) is 3.24. The third-order valence-corrected chi connectivity index (χ3v) is 16.9. The average Bonchev–Trinajstić information content (AvgIpc) is 3.27. The van der Waals surface area contributed by atoms with Crippen LogP contribution in [0.15, 0.2) is 22.0 Å². The largest absolute Gasteiger partial charge is 0.127 e. The number of hydrogen-bond acceptors (Lipinski definition) is 2. The summed E-state index contributed by atoms with van der Waals surface area (Å²) in [6.07, 6.45) is 14.6. The van der Waals surface area contributed by atoms with Crippen LogP contribution in [0.5, 0.6) is 0 Å². The highest BCUT2D eigenvalue weighted by atomic mass is 32.2. The molecule has 0 amide bonds. The molecular weight excluding hydrogens is 356 g/mol. The van der Waals surface area contributed by atoms with Gasteiger partial charge in [0.1, 0.15) is 0 Å². The lowest BCUT2D eigenvalue weighted by Crippen LogP contribution is -2.46. The van der Waals surface area contributed by atoms with E-state index in [2.05, 4.69) is 62.6 Å². The van der Waals surface area contributed by atoms with Crippen molar-refractivity contribution in [3.05, 3.63) is 22.0 Å². The van der Waals surface area contributed by atoms with Crippen molar-refractivity contribution in [1.82, 2.24) is 0 Å². The van der Waals surface area contributed by atoms with Crippen molar-refractivity contribution in [3.8, 4) is 0 Å². The van der Waals surface area contributed by atoms with Crippen LogP contribution in [0, 0.1) is 23.7 Å². The van der Waals surface area contributed by atoms with Crippen LogP contribution in [0.3, 0.4) is 0 Å². The Morgan fingerprint density at radius 3 is 2.08 bits per heavy atom. The molecule has 0 saturated heterocycles. The first-order valence-electron chi connectivity index (χ1n) is 10.7. The molecule has 0 spiro atoms. The number of hydrogen-bond donors (Lipinski definition) is 0. The summed E-state index contributed by atoms with van der Waals surface area (Å²) < 4.78 is 0. The molecule has 3 aliphatic carbocycles. The van der Waals surface area contributed by atoms with Crippen LogP contribution in [0.2, 0.25) is 24.2 Å². The predicted octanol–water partition coefficient (Wildman–Crippen LogP) is 7.32. The summed E-state index contributed by atoms with van der Waals surface area (Å²) in [7, 11) is -1.28. The van der Waals surface area contributed by atoms with Crippen molar-refractivity contribution in [3.63, 3.8) is 0 Å². The quantitative estimate of drug-likeness (QED) is 0.453. The van der Waals surface area contributed by atoms with Crippen molar-refractivity contribution in [1.29, 1.82) is 0 Å². The van der Waals surface area contributed by atoms with Crippen molar-refractivity contribution in [2.45, 2.75) is 87.0 Å². The fraction of sp³-hybridized carbons (Fsp3) is 0.818. The van der Waals surface area contributed by atoms with E-state index >= 15 is 0 Å². The van der Waals surface area contributed by atoms with Crippen LogP contribution in [0.25, 0.3) is 0 Å². The first-order chi connectivity index (χ1) is 12.0. The van der Waals surface area contributed by atoms with Gasteiger partial charge in [0.25, 0.3) is 0 Å². The summed E-state index contributed by atoms with van der Waals surface area (Å²) in [5.74, 6) is 3.90. The minimum absolute atomic E-state index is 0.847. The third kappa shape index (κ3) is 2.62. The van der Waals surface area contributed by atoms with Gasteiger partial charge >= 0.3 is 0 Å². The Morgan fingerprint density at radius 2 is 1.44 bits per heavy atom. The second-order valence-corrected chi connectivity index (χ2v) is 18.0. The third-order valence-electron chi connectivity index (χ3n) is 8.56. The Hall–Kier alpha value is 0.397. The van der Waals surface area contributed by atoms with Crippen LogP contribution >= 0.6 is 23.5 Å².